The van der Waals surface area contributed by atoms with Crippen molar-refractivity contribution in [1.29, 1.82) is 0 Å². The standard InChI is InChI=1S/C29H32Cl2N4O3.ClH/c1-16(36)22-15-32-25-10-5-17(18-13-23(30)28(37)24(31)14-18)12-21(25)27(22)33-19-6-8-20(9-7-19)34-29(38)26-4-3-11-35(26)2;/h5,10,12-15,19-20,26,37H,3-4,6-9,11H2,1-2H3,(H,32,33)(H,34,38);1H/t19-,20-,26?;. The maximum Gasteiger partial charge on any atom is 0.237 e. The summed E-state index contributed by atoms with van der Waals surface area (Å²) in [5.74, 6) is -0.0742. The highest BCUT2D eigenvalue weighted by Gasteiger charge is 2.31. The monoisotopic (exact) mass is 590 g/mol. The summed E-state index contributed by atoms with van der Waals surface area (Å²) in [4.78, 5) is 32.0. The van der Waals surface area contributed by atoms with Crippen LogP contribution in [0.2, 0.25) is 10.0 Å². The van der Waals surface area contributed by atoms with Crippen LogP contribution in [-0.2, 0) is 4.79 Å². The Hall–Kier alpha value is -2.58. The Kier molecular flexibility index (Phi) is 9.27. The normalized spacial score (nSPS) is 21.4. The van der Waals surface area contributed by atoms with Crippen molar-refractivity contribution in [2.45, 2.75) is 63.6 Å². The minimum Gasteiger partial charge on any atom is -0.505 e. The summed E-state index contributed by atoms with van der Waals surface area (Å²) >= 11 is 12.3. The molecule has 1 atom stereocenters. The lowest BCUT2D eigenvalue weighted by molar-refractivity contribution is -0.126. The summed E-state index contributed by atoms with van der Waals surface area (Å²) in [5, 5.41) is 18.0. The summed E-state index contributed by atoms with van der Waals surface area (Å²) in [7, 11) is 2.01. The van der Waals surface area contributed by atoms with E-state index in [1.54, 1.807) is 25.3 Å². The van der Waals surface area contributed by atoms with Crippen molar-refractivity contribution in [2.24, 2.45) is 0 Å². The molecule has 1 unspecified atom stereocenters. The lowest BCUT2D eigenvalue weighted by Crippen LogP contribution is -2.47. The van der Waals surface area contributed by atoms with Crippen molar-refractivity contribution in [3.63, 3.8) is 0 Å². The summed E-state index contributed by atoms with van der Waals surface area (Å²) in [5.41, 5.74) is 3.66. The number of rotatable bonds is 6. The lowest BCUT2D eigenvalue weighted by Gasteiger charge is -2.32. The molecule has 0 radical (unpaired) electrons. The number of nitrogens with one attached hydrogen (secondary N) is 2. The number of pyridine rings is 1. The fourth-order valence-corrected chi connectivity index (χ4v) is 6.14. The Balaban J connectivity index is 0.00000353. The van der Waals surface area contributed by atoms with E-state index in [0.717, 1.165) is 72.8 Å². The van der Waals surface area contributed by atoms with Gasteiger partial charge in [-0.15, -0.1) is 12.4 Å². The zero-order chi connectivity index (χ0) is 27.0. The Morgan fingerprint density at radius 3 is 2.28 bits per heavy atom. The van der Waals surface area contributed by atoms with Gasteiger partial charge in [-0.1, -0.05) is 29.3 Å². The topological polar surface area (TPSA) is 94.6 Å². The average Bonchev–Trinajstić information content (AvgIpc) is 3.33. The molecule has 2 aromatic carbocycles. The van der Waals surface area contributed by atoms with Gasteiger partial charge < -0.3 is 15.7 Å². The van der Waals surface area contributed by atoms with Crippen molar-refractivity contribution in [2.75, 3.05) is 18.9 Å². The van der Waals surface area contributed by atoms with Gasteiger partial charge in [0.15, 0.2) is 11.5 Å². The van der Waals surface area contributed by atoms with Gasteiger partial charge >= 0.3 is 0 Å². The Morgan fingerprint density at radius 2 is 1.67 bits per heavy atom. The number of likely N-dealkylation sites (N-methyl/N-ethyl adjacent to an activating group) is 1. The maximum absolute atomic E-state index is 12.7. The first-order chi connectivity index (χ1) is 18.2. The number of carbonyl (C=O) groups excluding carboxylic acids is 2. The minimum atomic E-state index is -0.150. The molecule has 5 rings (SSSR count). The van der Waals surface area contributed by atoms with Crippen LogP contribution in [0.5, 0.6) is 5.75 Å². The third kappa shape index (κ3) is 6.27. The summed E-state index contributed by atoms with van der Waals surface area (Å²) in [6.07, 6.45) is 7.16. The molecule has 10 heteroatoms. The number of carbonyl (C=O) groups is 2. The number of fused-ring (bicyclic) bond motifs is 1. The van der Waals surface area contributed by atoms with Gasteiger partial charge in [-0.3, -0.25) is 19.5 Å². The van der Waals surface area contributed by atoms with E-state index in [1.807, 2.05) is 25.2 Å². The quantitative estimate of drug-likeness (QED) is 0.284. The number of anilines is 1. The fourth-order valence-electron chi connectivity index (χ4n) is 5.65. The van der Waals surface area contributed by atoms with Crippen LogP contribution in [0.1, 0.15) is 55.8 Å². The Bertz CT molecular complexity index is 1370. The smallest absolute Gasteiger partial charge is 0.237 e. The number of aromatic hydroxyl groups is 1. The predicted molar refractivity (Wildman–Crippen MR) is 160 cm³/mol. The van der Waals surface area contributed by atoms with E-state index in [4.69, 9.17) is 23.2 Å². The van der Waals surface area contributed by atoms with Gasteiger partial charge in [-0.25, -0.2) is 0 Å². The predicted octanol–water partition coefficient (Wildman–Crippen LogP) is 6.47. The second-order valence-corrected chi connectivity index (χ2v) is 11.3. The second kappa shape index (κ2) is 12.3. The molecule has 1 aliphatic carbocycles. The van der Waals surface area contributed by atoms with Crippen molar-refractivity contribution in [1.82, 2.24) is 15.2 Å². The third-order valence-electron chi connectivity index (χ3n) is 7.84. The van der Waals surface area contributed by atoms with Crippen molar-refractivity contribution < 1.29 is 14.7 Å². The van der Waals surface area contributed by atoms with Gasteiger partial charge in [0.1, 0.15) is 0 Å². The van der Waals surface area contributed by atoms with Crippen molar-refractivity contribution in [3.8, 4) is 16.9 Å². The molecule has 2 heterocycles. The number of nitrogens with zero attached hydrogens (tertiary/aromatic N) is 2. The molecule has 1 saturated heterocycles. The van der Waals surface area contributed by atoms with E-state index < -0.39 is 0 Å². The molecular formula is C29H33Cl3N4O3. The summed E-state index contributed by atoms with van der Waals surface area (Å²) in [6, 6.07) is 9.45. The molecular weight excluding hydrogens is 559 g/mol. The number of benzene rings is 2. The van der Waals surface area contributed by atoms with Crippen LogP contribution < -0.4 is 10.6 Å². The SMILES string of the molecule is CC(=O)c1cnc2ccc(-c3cc(Cl)c(O)c(Cl)c3)cc2c1N[C@H]1CC[C@H](NC(=O)C2CCCN2C)CC1.Cl. The van der Waals surface area contributed by atoms with Crippen LogP contribution in [0.3, 0.4) is 0 Å². The van der Waals surface area contributed by atoms with E-state index >= 15 is 0 Å². The van der Waals surface area contributed by atoms with Gasteiger partial charge in [0.25, 0.3) is 0 Å². The highest BCUT2D eigenvalue weighted by atomic mass is 35.5. The minimum absolute atomic E-state index is 0. The van der Waals surface area contributed by atoms with E-state index in [1.165, 1.54) is 0 Å². The summed E-state index contributed by atoms with van der Waals surface area (Å²) in [6.45, 7) is 2.52. The summed E-state index contributed by atoms with van der Waals surface area (Å²) < 4.78 is 0. The number of phenols is 1. The number of likely N-dealkylation sites (tertiary alicyclic amines) is 1. The van der Waals surface area contributed by atoms with Gasteiger partial charge in [0.05, 0.1) is 32.9 Å². The third-order valence-corrected chi connectivity index (χ3v) is 8.42. The number of phenolic OH excluding ortho intramolecular Hbond substituents is 1. The average molecular weight is 592 g/mol. The molecule has 0 bridgehead atoms. The first-order valence-corrected chi connectivity index (χ1v) is 13.9. The lowest BCUT2D eigenvalue weighted by atomic mass is 9.90. The first kappa shape index (κ1) is 29.4. The molecule has 1 amide bonds. The van der Waals surface area contributed by atoms with Crippen LogP contribution in [0.25, 0.3) is 22.0 Å². The number of Topliss-reactive ketones (excluding diaryl/α,β-unsaturated/α-hetero) is 1. The van der Waals surface area contributed by atoms with E-state index in [2.05, 4.69) is 20.5 Å². The van der Waals surface area contributed by atoms with E-state index in [-0.39, 0.29) is 58.0 Å². The molecule has 7 nitrogen and oxygen atoms in total. The van der Waals surface area contributed by atoms with E-state index in [0.29, 0.717) is 5.56 Å². The van der Waals surface area contributed by atoms with Crippen LogP contribution in [-0.4, -0.2) is 58.4 Å². The largest absolute Gasteiger partial charge is 0.505 e. The molecule has 0 spiro atoms. The molecule has 1 saturated carbocycles. The molecule has 2 aliphatic rings. The van der Waals surface area contributed by atoms with Gasteiger partial charge in [0.2, 0.25) is 5.91 Å². The van der Waals surface area contributed by atoms with Crippen LogP contribution in [0, 0.1) is 0 Å². The highest BCUT2D eigenvalue weighted by Crippen LogP contribution is 2.38. The second-order valence-electron chi connectivity index (χ2n) is 10.5. The van der Waals surface area contributed by atoms with Gasteiger partial charge in [0, 0.05) is 23.7 Å². The molecule has 2 fully saturated rings. The first-order valence-electron chi connectivity index (χ1n) is 13.1. The van der Waals surface area contributed by atoms with Gasteiger partial charge in [-0.05, 0) is 94.4 Å². The molecule has 3 aromatic rings. The Labute approximate surface area is 244 Å². The number of aromatic nitrogens is 1. The molecule has 1 aromatic heterocycles. The zero-order valence-electron chi connectivity index (χ0n) is 22.0. The molecule has 3 N–H and O–H groups in total. The van der Waals surface area contributed by atoms with E-state index in [9.17, 15) is 14.7 Å². The van der Waals surface area contributed by atoms with Gasteiger partial charge in [-0.2, -0.15) is 0 Å². The van der Waals surface area contributed by atoms with Crippen molar-refractivity contribution in [3.05, 3.63) is 52.1 Å². The number of ketones is 1. The number of hydrogen-bond acceptors (Lipinski definition) is 6. The maximum atomic E-state index is 12.7. The highest BCUT2D eigenvalue weighted by molar-refractivity contribution is 6.37. The molecule has 208 valence electrons. The molecule has 1 aliphatic heterocycles. The number of hydrogen-bond donors (Lipinski definition) is 3. The molecule has 39 heavy (non-hydrogen) atoms. The number of amides is 1. The Morgan fingerprint density at radius 1 is 1.00 bits per heavy atom. The van der Waals surface area contributed by atoms with Crippen LogP contribution in [0.15, 0.2) is 36.5 Å². The van der Waals surface area contributed by atoms with Crippen LogP contribution >= 0.6 is 35.6 Å². The number of halogens is 3. The van der Waals surface area contributed by atoms with Crippen LogP contribution in [0.4, 0.5) is 5.69 Å². The zero-order valence-corrected chi connectivity index (χ0v) is 24.3. The van der Waals surface area contributed by atoms with Crippen molar-refractivity contribution >= 4 is 63.9 Å². The fraction of sp³-hybridized carbons (Fsp3) is 0.414.